The van der Waals surface area contributed by atoms with Gasteiger partial charge in [0.15, 0.2) is 0 Å². The molecule has 1 saturated heterocycles. The number of ether oxygens (including phenoxy) is 3. The molecule has 1 unspecified atom stereocenters. The van der Waals surface area contributed by atoms with Crippen molar-refractivity contribution in [2.24, 2.45) is 5.92 Å². The molecule has 0 aromatic carbocycles. The molecule has 0 radical (unpaired) electrons. The van der Waals surface area contributed by atoms with Crippen molar-refractivity contribution in [3.8, 4) is 0 Å². The molecule has 1 amide bonds. The van der Waals surface area contributed by atoms with Crippen LogP contribution in [0.1, 0.15) is 34.1 Å². The fourth-order valence-corrected chi connectivity index (χ4v) is 2.27. The Labute approximate surface area is 134 Å². The van der Waals surface area contributed by atoms with E-state index in [4.69, 9.17) is 14.2 Å². The maximum atomic E-state index is 12.0. The average molecular weight is 332 g/mol. The molecular weight excluding hydrogens is 308 g/mol. The predicted molar refractivity (Wildman–Crippen MR) is 79.5 cm³/mol. The summed E-state index contributed by atoms with van der Waals surface area (Å²) in [7, 11) is 0. The van der Waals surface area contributed by atoms with Crippen LogP contribution >= 0.6 is 0 Å². The number of nitrogens with one attached hydrogen (secondary N) is 1. The number of esters is 1. The average Bonchev–Trinajstić information content (AvgIpc) is 2.30. The number of rotatable bonds is 7. The largest absolute Gasteiger partial charge is 0.466 e. The van der Waals surface area contributed by atoms with E-state index < -0.39 is 40.6 Å². The van der Waals surface area contributed by atoms with Gasteiger partial charge in [0, 0.05) is 4.92 Å². The Hall–Kier alpha value is -1.90. The van der Waals surface area contributed by atoms with E-state index in [9.17, 15) is 19.7 Å². The van der Waals surface area contributed by atoms with Crippen LogP contribution in [-0.4, -0.2) is 54.5 Å². The summed E-state index contributed by atoms with van der Waals surface area (Å²) in [6.45, 7) is 6.68. The summed E-state index contributed by atoms with van der Waals surface area (Å²) in [6, 6.07) is 0. The standard InChI is InChI=1S/C14H24N2O7/c1-5-22-11(17)6-10(7-16(19)20)14(8-21-9-14)15-12(18)23-13(2,3)4/h10H,5-9H2,1-4H3,(H,15,18). The van der Waals surface area contributed by atoms with E-state index in [1.165, 1.54) is 0 Å². The van der Waals surface area contributed by atoms with E-state index in [0.29, 0.717) is 0 Å². The molecule has 0 aromatic rings. The Balaban J connectivity index is 2.83. The second-order valence-electron chi connectivity index (χ2n) is 6.50. The first-order valence-electron chi connectivity index (χ1n) is 7.44. The van der Waals surface area contributed by atoms with Crippen molar-refractivity contribution in [1.29, 1.82) is 0 Å². The molecule has 1 heterocycles. The molecule has 1 rings (SSSR count). The fourth-order valence-electron chi connectivity index (χ4n) is 2.27. The zero-order valence-electron chi connectivity index (χ0n) is 13.9. The highest BCUT2D eigenvalue weighted by Gasteiger charge is 2.50. The molecule has 0 aromatic heterocycles. The van der Waals surface area contributed by atoms with Crippen molar-refractivity contribution >= 4 is 12.1 Å². The van der Waals surface area contributed by atoms with Crippen LogP contribution in [0.2, 0.25) is 0 Å². The third kappa shape index (κ3) is 6.01. The molecule has 0 saturated carbocycles. The van der Waals surface area contributed by atoms with Crippen LogP contribution in [0.5, 0.6) is 0 Å². The third-order valence-electron chi connectivity index (χ3n) is 3.34. The second-order valence-corrected chi connectivity index (χ2v) is 6.50. The van der Waals surface area contributed by atoms with E-state index >= 15 is 0 Å². The zero-order chi connectivity index (χ0) is 17.7. The topological polar surface area (TPSA) is 117 Å². The maximum absolute atomic E-state index is 12.0. The molecular formula is C14H24N2O7. The Kier molecular flexibility index (Phi) is 6.31. The number of hydrogen-bond acceptors (Lipinski definition) is 7. The van der Waals surface area contributed by atoms with Crippen molar-refractivity contribution in [3.05, 3.63) is 10.1 Å². The molecule has 1 aliphatic heterocycles. The minimum absolute atomic E-state index is 0.0875. The van der Waals surface area contributed by atoms with Gasteiger partial charge in [0.2, 0.25) is 6.54 Å². The van der Waals surface area contributed by atoms with Gasteiger partial charge in [-0.25, -0.2) is 4.79 Å². The van der Waals surface area contributed by atoms with Crippen LogP contribution in [0.4, 0.5) is 4.79 Å². The lowest BCUT2D eigenvalue weighted by Crippen LogP contribution is -2.68. The predicted octanol–water partition coefficient (Wildman–Crippen LogP) is 1.13. The quantitative estimate of drug-likeness (QED) is 0.422. The Morgan fingerprint density at radius 2 is 2.00 bits per heavy atom. The summed E-state index contributed by atoms with van der Waals surface area (Å²) in [5.74, 6) is -1.28. The van der Waals surface area contributed by atoms with Gasteiger partial charge in [-0.05, 0) is 27.7 Å². The van der Waals surface area contributed by atoms with E-state index in [1.54, 1.807) is 27.7 Å². The highest BCUT2D eigenvalue weighted by Crippen LogP contribution is 2.30. The lowest BCUT2D eigenvalue weighted by atomic mass is 9.80. The summed E-state index contributed by atoms with van der Waals surface area (Å²) in [6.07, 6.45) is -0.869. The molecule has 1 aliphatic rings. The van der Waals surface area contributed by atoms with Gasteiger partial charge in [0.1, 0.15) is 5.60 Å². The minimum Gasteiger partial charge on any atom is -0.466 e. The van der Waals surface area contributed by atoms with Gasteiger partial charge in [-0.2, -0.15) is 0 Å². The highest BCUT2D eigenvalue weighted by molar-refractivity contribution is 5.71. The summed E-state index contributed by atoms with van der Waals surface area (Å²) >= 11 is 0. The first-order chi connectivity index (χ1) is 10.6. The molecule has 0 aliphatic carbocycles. The third-order valence-corrected chi connectivity index (χ3v) is 3.34. The second kappa shape index (κ2) is 7.58. The summed E-state index contributed by atoms with van der Waals surface area (Å²) < 4.78 is 15.2. The van der Waals surface area contributed by atoms with Crippen molar-refractivity contribution in [2.75, 3.05) is 26.4 Å². The first-order valence-corrected chi connectivity index (χ1v) is 7.44. The van der Waals surface area contributed by atoms with Gasteiger partial charge in [-0.1, -0.05) is 0 Å². The number of carbonyl (C=O) groups excluding carboxylic acids is 2. The Morgan fingerprint density at radius 1 is 1.39 bits per heavy atom. The zero-order valence-corrected chi connectivity index (χ0v) is 13.9. The molecule has 0 bridgehead atoms. The van der Waals surface area contributed by atoms with Crippen molar-refractivity contribution in [2.45, 2.75) is 45.3 Å². The molecule has 23 heavy (non-hydrogen) atoms. The van der Waals surface area contributed by atoms with E-state index in [1.807, 2.05) is 0 Å². The molecule has 132 valence electrons. The van der Waals surface area contributed by atoms with Gasteiger partial charge in [-0.3, -0.25) is 14.9 Å². The highest BCUT2D eigenvalue weighted by atomic mass is 16.6. The Morgan fingerprint density at radius 3 is 2.39 bits per heavy atom. The first kappa shape index (κ1) is 19.1. The van der Waals surface area contributed by atoms with Crippen LogP contribution < -0.4 is 5.32 Å². The molecule has 9 nitrogen and oxygen atoms in total. The van der Waals surface area contributed by atoms with Crippen LogP contribution in [-0.2, 0) is 19.0 Å². The summed E-state index contributed by atoms with van der Waals surface area (Å²) in [5, 5.41) is 13.6. The number of hydrogen-bond donors (Lipinski definition) is 1. The van der Waals surface area contributed by atoms with Crippen LogP contribution in [0.25, 0.3) is 0 Å². The number of carbonyl (C=O) groups is 2. The van der Waals surface area contributed by atoms with Crippen LogP contribution in [0.15, 0.2) is 0 Å². The fraction of sp³-hybridized carbons (Fsp3) is 0.857. The lowest BCUT2D eigenvalue weighted by Gasteiger charge is -2.45. The van der Waals surface area contributed by atoms with Gasteiger partial charge < -0.3 is 19.5 Å². The maximum Gasteiger partial charge on any atom is 0.408 e. The van der Waals surface area contributed by atoms with Crippen molar-refractivity contribution < 1.29 is 28.7 Å². The molecule has 1 atom stereocenters. The molecule has 0 spiro atoms. The minimum atomic E-state index is -0.998. The van der Waals surface area contributed by atoms with E-state index in [2.05, 4.69) is 5.32 Å². The molecule has 1 N–H and O–H groups in total. The van der Waals surface area contributed by atoms with Crippen LogP contribution in [0, 0.1) is 16.0 Å². The van der Waals surface area contributed by atoms with Crippen LogP contribution in [0.3, 0.4) is 0 Å². The number of alkyl carbamates (subject to hydrolysis) is 1. The number of nitrogens with zero attached hydrogens (tertiary/aromatic N) is 1. The molecule has 9 heteroatoms. The summed E-state index contributed by atoms with van der Waals surface area (Å²) in [4.78, 5) is 34.1. The monoisotopic (exact) mass is 332 g/mol. The van der Waals surface area contributed by atoms with Gasteiger partial charge in [-0.15, -0.1) is 0 Å². The normalized spacial score (nSPS) is 17.6. The van der Waals surface area contributed by atoms with Gasteiger partial charge in [0.05, 0.1) is 37.7 Å². The summed E-state index contributed by atoms with van der Waals surface area (Å²) in [5.41, 5.74) is -1.70. The number of amides is 1. The van der Waals surface area contributed by atoms with E-state index in [-0.39, 0.29) is 26.2 Å². The van der Waals surface area contributed by atoms with E-state index in [0.717, 1.165) is 0 Å². The van der Waals surface area contributed by atoms with Crippen molar-refractivity contribution in [1.82, 2.24) is 5.32 Å². The lowest BCUT2D eigenvalue weighted by molar-refractivity contribution is -0.492. The van der Waals surface area contributed by atoms with Crippen molar-refractivity contribution in [3.63, 3.8) is 0 Å². The Bertz CT molecular complexity index is 455. The smallest absolute Gasteiger partial charge is 0.408 e. The number of nitro groups is 1. The SMILES string of the molecule is CCOC(=O)CC(C[N+](=O)[O-])C1(NC(=O)OC(C)(C)C)COC1. The molecule has 1 fully saturated rings. The van der Waals surface area contributed by atoms with Gasteiger partial charge >= 0.3 is 12.1 Å². The van der Waals surface area contributed by atoms with Gasteiger partial charge in [0.25, 0.3) is 0 Å².